The summed E-state index contributed by atoms with van der Waals surface area (Å²) in [5.41, 5.74) is 2.97. The Labute approximate surface area is 122 Å². The van der Waals surface area contributed by atoms with Crippen LogP contribution in [0.5, 0.6) is 0 Å². The second-order valence-corrected chi connectivity index (χ2v) is 5.96. The van der Waals surface area contributed by atoms with E-state index in [1.54, 1.807) is 11.3 Å². The highest BCUT2D eigenvalue weighted by Crippen LogP contribution is 2.38. The minimum atomic E-state index is 0.555. The number of nitrogens with zero attached hydrogens (tertiary/aromatic N) is 3. The van der Waals surface area contributed by atoms with Crippen LogP contribution in [0.2, 0.25) is 0 Å². The summed E-state index contributed by atoms with van der Waals surface area (Å²) in [6, 6.07) is 1.98. The van der Waals surface area contributed by atoms with Gasteiger partial charge in [-0.25, -0.2) is 15.0 Å². The monoisotopic (exact) mass is 289 g/mol. The van der Waals surface area contributed by atoms with Gasteiger partial charge in [0.1, 0.15) is 17.5 Å². The van der Waals surface area contributed by atoms with Gasteiger partial charge in [0.15, 0.2) is 0 Å². The molecular weight excluding hydrogens is 270 g/mol. The van der Waals surface area contributed by atoms with E-state index in [2.05, 4.69) is 32.5 Å². The van der Waals surface area contributed by atoms with E-state index in [4.69, 9.17) is 0 Å². The van der Waals surface area contributed by atoms with Gasteiger partial charge in [-0.05, 0) is 26.7 Å². The molecule has 3 rings (SSSR count). The number of aryl methyl sites for hydroxylation is 1. The Morgan fingerprint density at radius 2 is 2.00 bits per heavy atom. The second kappa shape index (κ2) is 5.75. The van der Waals surface area contributed by atoms with Crippen LogP contribution in [0, 0.1) is 6.92 Å². The van der Waals surface area contributed by atoms with Crippen LogP contribution in [0.3, 0.4) is 0 Å². The third-order valence-corrected chi connectivity index (χ3v) is 4.25. The van der Waals surface area contributed by atoms with Crippen molar-refractivity contribution in [3.05, 3.63) is 28.0 Å². The van der Waals surface area contributed by atoms with Gasteiger partial charge in [-0.2, -0.15) is 0 Å². The lowest BCUT2D eigenvalue weighted by atomic mass is 10.3. The number of nitrogens with one attached hydrogen (secondary N) is 2. The predicted molar refractivity (Wildman–Crippen MR) is 82.3 cm³/mol. The maximum atomic E-state index is 4.63. The van der Waals surface area contributed by atoms with Crippen LogP contribution in [0.1, 0.15) is 42.1 Å². The van der Waals surface area contributed by atoms with E-state index in [-0.39, 0.29) is 0 Å². The number of rotatable bonds is 6. The fraction of sp³-hybridized carbons (Fsp3) is 0.500. The van der Waals surface area contributed by atoms with Crippen molar-refractivity contribution in [1.29, 1.82) is 0 Å². The number of anilines is 2. The van der Waals surface area contributed by atoms with Crippen molar-refractivity contribution >= 4 is 23.0 Å². The molecule has 2 aromatic heterocycles. The van der Waals surface area contributed by atoms with Gasteiger partial charge in [0.2, 0.25) is 0 Å². The molecule has 0 aromatic carbocycles. The van der Waals surface area contributed by atoms with Crippen molar-refractivity contribution in [1.82, 2.24) is 15.0 Å². The van der Waals surface area contributed by atoms with E-state index < -0.39 is 0 Å². The maximum Gasteiger partial charge on any atom is 0.136 e. The highest BCUT2D eigenvalue weighted by Gasteiger charge is 2.27. The van der Waals surface area contributed by atoms with Gasteiger partial charge in [-0.3, -0.25) is 0 Å². The lowest BCUT2D eigenvalue weighted by Crippen LogP contribution is -2.07. The first-order valence-electron chi connectivity index (χ1n) is 7.02. The third kappa shape index (κ3) is 3.07. The summed E-state index contributed by atoms with van der Waals surface area (Å²) >= 11 is 1.67. The van der Waals surface area contributed by atoms with Gasteiger partial charge in [0.05, 0.1) is 17.7 Å². The Morgan fingerprint density at radius 1 is 1.25 bits per heavy atom. The molecule has 20 heavy (non-hydrogen) atoms. The van der Waals surface area contributed by atoms with Crippen molar-refractivity contribution in [3.8, 4) is 0 Å². The average molecular weight is 289 g/mol. The minimum absolute atomic E-state index is 0.555. The van der Waals surface area contributed by atoms with Gasteiger partial charge in [-0.15, -0.1) is 11.3 Å². The summed E-state index contributed by atoms with van der Waals surface area (Å²) in [4.78, 5) is 14.7. The molecule has 0 bridgehead atoms. The SMILES string of the molecule is CCNc1cc(NCc2scnc2C)nc(C2CC2)n1. The minimum Gasteiger partial charge on any atom is -0.370 e. The standard InChI is InChI=1S/C14H19N5S/c1-3-15-12-6-13(19-14(18-12)10-4-5-10)16-7-11-9(2)17-8-20-11/h6,8,10H,3-5,7H2,1-2H3,(H2,15,16,18,19). The topological polar surface area (TPSA) is 62.7 Å². The van der Waals surface area contributed by atoms with Crippen LogP contribution in [0.4, 0.5) is 11.6 Å². The summed E-state index contributed by atoms with van der Waals surface area (Å²) in [6.07, 6.45) is 2.42. The van der Waals surface area contributed by atoms with Crippen LogP contribution >= 0.6 is 11.3 Å². The maximum absolute atomic E-state index is 4.63. The Kier molecular flexibility index (Phi) is 3.82. The van der Waals surface area contributed by atoms with E-state index in [1.807, 2.05) is 18.5 Å². The molecule has 2 N–H and O–H groups in total. The molecule has 0 spiro atoms. The van der Waals surface area contributed by atoms with Gasteiger partial charge >= 0.3 is 0 Å². The molecule has 1 fully saturated rings. The molecule has 0 atom stereocenters. The molecule has 0 radical (unpaired) electrons. The molecule has 1 saturated carbocycles. The van der Waals surface area contributed by atoms with Crippen LogP contribution in [-0.2, 0) is 6.54 Å². The summed E-state index contributed by atoms with van der Waals surface area (Å²) in [6.45, 7) is 5.75. The van der Waals surface area contributed by atoms with Gasteiger partial charge < -0.3 is 10.6 Å². The summed E-state index contributed by atoms with van der Waals surface area (Å²) in [5.74, 6) is 3.32. The molecule has 6 heteroatoms. The van der Waals surface area contributed by atoms with Gasteiger partial charge in [0, 0.05) is 23.4 Å². The van der Waals surface area contributed by atoms with E-state index in [1.165, 1.54) is 17.7 Å². The molecule has 2 aromatic rings. The molecule has 1 aliphatic rings. The zero-order chi connectivity index (χ0) is 13.9. The number of aromatic nitrogens is 3. The van der Waals surface area contributed by atoms with E-state index in [0.29, 0.717) is 5.92 Å². The average Bonchev–Trinajstić information content (AvgIpc) is 3.21. The van der Waals surface area contributed by atoms with Crippen molar-refractivity contribution < 1.29 is 0 Å². The van der Waals surface area contributed by atoms with Gasteiger partial charge in [-0.1, -0.05) is 0 Å². The fourth-order valence-electron chi connectivity index (χ4n) is 2.02. The lowest BCUT2D eigenvalue weighted by molar-refractivity contribution is 0.918. The van der Waals surface area contributed by atoms with E-state index in [0.717, 1.165) is 36.2 Å². The van der Waals surface area contributed by atoms with Crippen LogP contribution in [0.15, 0.2) is 11.6 Å². The molecule has 2 heterocycles. The summed E-state index contributed by atoms with van der Waals surface area (Å²) in [7, 11) is 0. The van der Waals surface area contributed by atoms with E-state index in [9.17, 15) is 0 Å². The third-order valence-electron chi connectivity index (χ3n) is 3.32. The highest BCUT2D eigenvalue weighted by molar-refractivity contribution is 7.09. The molecule has 5 nitrogen and oxygen atoms in total. The number of hydrogen-bond acceptors (Lipinski definition) is 6. The van der Waals surface area contributed by atoms with E-state index >= 15 is 0 Å². The van der Waals surface area contributed by atoms with Crippen LogP contribution in [-0.4, -0.2) is 21.5 Å². The largest absolute Gasteiger partial charge is 0.370 e. The fourth-order valence-corrected chi connectivity index (χ4v) is 2.74. The summed E-state index contributed by atoms with van der Waals surface area (Å²) in [5, 5.41) is 6.66. The molecule has 0 saturated heterocycles. The number of thiazole rings is 1. The quantitative estimate of drug-likeness (QED) is 0.855. The Hall–Kier alpha value is -1.69. The molecule has 106 valence electrons. The first kappa shape index (κ1) is 13.3. The van der Waals surface area contributed by atoms with Crippen molar-refractivity contribution in [2.24, 2.45) is 0 Å². The molecule has 1 aliphatic carbocycles. The van der Waals surface area contributed by atoms with Crippen molar-refractivity contribution in [2.45, 2.75) is 39.2 Å². The van der Waals surface area contributed by atoms with Crippen LogP contribution in [0.25, 0.3) is 0 Å². The zero-order valence-corrected chi connectivity index (χ0v) is 12.6. The molecule has 0 unspecified atom stereocenters. The normalized spacial score (nSPS) is 14.3. The first-order chi connectivity index (χ1) is 9.76. The molecule has 0 amide bonds. The molecular formula is C14H19N5S. The second-order valence-electron chi connectivity index (χ2n) is 5.02. The molecule has 0 aliphatic heterocycles. The van der Waals surface area contributed by atoms with Gasteiger partial charge in [0.25, 0.3) is 0 Å². The smallest absolute Gasteiger partial charge is 0.136 e. The number of hydrogen-bond donors (Lipinski definition) is 2. The zero-order valence-electron chi connectivity index (χ0n) is 11.8. The Balaban J connectivity index is 1.75. The van der Waals surface area contributed by atoms with Crippen molar-refractivity contribution in [2.75, 3.05) is 17.2 Å². The van der Waals surface area contributed by atoms with Crippen LogP contribution < -0.4 is 10.6 Å². The Morgan fingerprint density at radius 3 is 2.60 bits per heavy atom. The first-order valence-corrected chi connectivity index (χ1v) is 7.90. The summed E-state index contributed by atoms with van der Waals surface area (Å²) < 4.78 is 0. The Bertz CT molecular complexity index is 591. The highest BCUT2D eigenvalue weighted by atomic mass is 32.1. The predicted octanol–water partition coefficient (Wildman–Crippen LogP) is 3.16. The van der Waals surface area contributed by atoms with Crippen molar-refractivity contribution in [3.63, 3.8) is 0 Å². The lowest BCUT2D eigenvalue weighted by Gasteiger charge is -2.10.